The third-order valence-corrected chi connectivity index (χ3v) is 9.75. The molecule has 2 aliphatic heterocycles. The molecule has 14 heteroatoms. The fourth-order valence-electron chi connectivity index (χ4n) is 6.46. The van der Waals surface area contributed by atoms with Crippen LogP contribution in [0.25, 0.3) is 22.0 Å². The van der Waals surface area contributed by atoms with Gasteiger partial charge in [0.15, 0.2) is 0 Å². The fourth-order valence-corrected chi connectivity index (χ4v) is 7.08. The molecule has 1 aliphatic carbocycles. The quantitative estimate of drug-likeness (QED) is 0.328. The van der Waals surface area contributed by atoms with E-state index in [4.69, 9.17) is 14.9 Å². The number of ether oxygens (including phenoxy) is 1. The SMILES string of the molecule is CC(C)(C)OC(=O)N[C@@H]1CCCCCC=C[C@@H]2C[C@]2(C(=O)O)NC(=O)[C@@H]2C[C@H](n3nc(-c4ccccc4)c(-c4nccs4)n3)CN2C1=O. The van der Waals surface area contributed by atoms with Gasteiger partial charge in [-0.25, -0.2) is 14.6 Å². The summed E-state index contributed by atoms with van der Waals surface area (Å²) in [6, 6.07) is 7.10. The molecule has 254 valence electrons. The molecule has 0 unspecified atom stereocenters. The molecule has 4 heterocycles. The van der Waals surface area contributed by atoms with Gasteiger partial charge in [0.2, 0.25) is 11.8 Å². The molecule has 5 atom stereocenters. The summed E-state index contributed by atoms with van der Waals surface area (Å²) in [5.41, 5.74) is -0.166. The number of carbonyl (C=O) groups excluding carboxylic acids is 3. The molecular weight excluding hydrogens is 634 g/mol. The first-order chi connectivity index (χ1) is 22.9. The summed E-state index contributed by atoms with van der Waals surface area (Å²) >= 11 is 1.43. The van der Waals surface area contributed by atoms with E-state index in [1.54, 1.807) is 27.0 Å². The van der Waals surface area contributed by atoms with Gasteiger partial charge in [-0.05, 0) is 46.5 Å². The van der Waals surface area contributed by atoms with Crippen molar-refractivity contribution >= 4 is 35.2 Å². The number of aliphatic carboxylic acids is 1. The van der Waals surface area contributed by atoms with Crippen LogP contribution in [0.3, 0.4) is 0 Å². The van der Waals surface area contributed by atoms with Crippen molar-refractivity contribution in [3.63, 3.8) is 0 Å². The second kappa shape index (κ2) is 13.5. The lowest BCUT2D eigenvalue weighted by Gasteiger charge is -2.30. The predicted octanol–water partition coefficient (Wildman–Crippen LogP) is 4.58. The van der Waals surface area contributed by atoms with Gasteiger partial charge in [0.25, 0.3) is 0 Å². The normalized spacial score (nSPS) is 26.4. The molecule has 0 bridgehead atoms. The summed E-state index contributed by atoms with van der Waals surface area (Å²) in [7, 11) is 0. The maximum absolute atomic E-state index is 14.4. The summed E-state index contributed by atoms with van der Waals surface area (Å²) < 4.78 is 5.49. The van der Waals surface area contributed by atoms with Gasteiger partial charge in [-0.15, -0.1) is 16.4 Å². The molecule has 1 saturated heterocycles. The largest absolute Gasteiger partial charge is 0.479 e. The number of allylic oxidation sites excluding steroid dienone is 1. The summed E-state index contributed by atoms with van der Waals surface area (Å²) in [5.74, 6) is -2.45. The number of amides is 3. The number of thiazole rings is 1. The maximum Gasteiger partial charge on any atom is 0.408 e. The Balaban J connectivity index is 1.35. The lowest BCUT2D eigenvalue weighted by molar-refractivity contribution is -0.145. The summed E-state index contributed by atoms with van der Waals surface area (Å²) in [6.45, 7) is 5.31. The van der Waals surface area contributed by atoms with Crippen molar-refractivity contribution < 1.29 is 29.0 Å². The van der Waals surface area contributed by atoms with Crippen LogP contribution in [0.5, 0.6) is 0 Å². The maximum atomic E-state index is 14.4. The van der Waals surface area contributed by atoms with Gasteiger partial charge in [0.1, 0.15) is 39.6 Å². The standard InChI is InChI=1S/C34H41N7O6S/c1-33(2,3)47-32(46)36-24-15-11-6-4-5-10-14-22-19-34(22,31(44)45)37-28(42)25-18-23(20-40(25)30(24)43)41-38-26(21-12-8-7-9-13-21)27(39-41)29-35-16-17-48-29/h7-10,12-14,16-17,22-25H,4-6,11,15,18-20H2,1-3H3,(H,36,46)(H,37,42)(H,44,45)/t22-,23+,24-,25+,34+/m1/s1. The number of carboxylic acids is 1. The number of alkyl carbamates (subject to hydrolysis) is 1. The Morgan fingerprint density at radius 2 is 1.88 bits per heavy atom. The third-order valence-electron chi connectivity index (χ3n) is 8.97. The van der Waals surface area contributed by atoms with Gasteiger partial charge < -0.3 is 25.4 Å². The first kappa shape index (κ1) is 33.3. The minimum Gasteiger partial charge on any atom is -0.479 e. The van der Waals surface area contributed by atoms with Gasteiger partial charge in [-0.2, -0.15) is 9.90 Å². The average molecular weight is 676 g/mol. The molecule has 1 aromatic carbocycles. The fraction of sp³-hybridized carbons (Fsp3) is 0.500. The molecule has 3 aliphatic rings. The minimum atomic E-state index is -1.43. The molecule has 6 rings (SSSR count). The number of nitrogens with zero attached hydrogens (tertiary/aromatic N) is 5. The Hall–Kier alpha value is -4.59. The second-order valence-corrected chi connectivity index (χ2v) is 14.6. The molecule has 48 heavy (non-hydrogen) atoms. The molecule has 1 saturated carbocycles. The number of rotatable bonds is 5. The zero-order valence-electron chi connectivity index (χ0n) is 27.3. The van der Waals surface area contributed by atoms with Gasteiger partial charge >= 0.3 is 12.1 Å². The molecular formula is C34H41N7O6S. The predicted molar refractivity (Wildman–Crippen MR) is 178 cm³/mol. The number of benzene rings is 1. The topological polar surface area (TPSA) is 169 Å². The lowest BCUT2D eigenvalue weighted by Crippen LogP contribution is -2.56. The molecule has 3 N–H and O–H groups in total. The Bertz CT molecular complexity index is 1680. The lowest BCUT2D eigenvalue weighted by atomic mass is 10.0. The van der Waals surface area contributed by atoms with Crippen molar-refractivity contribution in [3.8, 4) is 22.0 Å². The first-order valence-corrected chi connectivity index (χ1v) is 17.3. The van der Waals surface area contributed by atoms with Crippen LogP contribution >= 0.6 is 11.3 Å². The summed E-state index contributed by atoms with van der Waals surface area (Å²) in [6.07, 6.45) is 8.64. The van der Waals surface area contributed by atoms with Crippen LogP contribution in [-0.2, 0) is 19.1 Å². The number of aromatic nitrogens is 4. The van der Waals surface area contributed by atoms with E-state index in [1.807, 2.05) is 47.9 Å². The van der Waals surface area contributed by atoms with Gasteiger partial charge in [0.05, 0.1) is 6.04 Å². The molecule has 2 fully saturated rings. The molecule has 13 nitrogen and oxygen atoms in total. The number of hydrogen-bond donors (Lipinski definition) is 3. The molecule has 0 radical (unpaired) electrons. The van der Waals surface area contributed by atoms with E-state index >= 15 is 0 Å². The number of fused-ring (bicyclic) bond motifs is 2. The van der Waals surface area contributed by atoms with Crippen molar-refractivity contribution in [1.82, 2.24) is 35.5 Å². The van der Waals surface area contributed by atoms with E-state index < -0.39 is 53.1 Å². The van der Waals surface area contributed by atoms with Crippen molar-refractivity contribution in [3.05, 3.63) is 54.1 Å². The van der Waals surface area contributed by atoms with Crippen LogP contribution < -0.4 is 10.6 Å². The summed E-state index contributed by atoms with van der Waals surface area (Å²) in [4.78, 5) is 61.2. The van der Waals surface area contributed by atoms with E-state index in [0.29, 0.717) is 29.2 Å². The van der Waals surface area contributed by atoms with Gasteiger partial charge in [-0.1, -0.05) is 55.3 Å². The number of carboxylic acid groups (broad SMARTS) is 1. The second-order valence-electron chi connectivity index (χ2n) is 13.7. The van der Waals surface area contributed by atoms with Crippen molar-refractivity contribution in [2.75, 3.05) is 6.54 Å². The molecule has 3 amide bonds. The first-order valence-electron chi connectivity index (χ1n) is 16.4. The van der Waals surface area contributed by atoms with Crippen LogP contribution in [0.4, 0.5) is 4.79 Å². The Morgan fingerprint density at radius 1 is 1.10 bits per heavy atom. The monoisotopic (exact) mass is 675 g/mol. The number of nitrogens with one attached hydrogen (secondary N) is 2. The zero-order valence-corrected chi connectivity index (χ0v) is 28.1. The zero-order chi connectivity index (χ0) is 34.1. The van der Waals surface area contributed by atoms with E-state index in [9.17, 15) is 24.3 Å². The van der Waals surface area contributed by atoms with Gasteiger partial charge in [0, 0.05) is 36.0 Å². The van der Waals surface area contributed by atoms with Crippen LogP contribution in [0.15, 0.2) is 54.1 Å². The van der Waals surface area contributed by atoms with E-state index in [1.165, 1.54) is 21.0 Å². The number of hydrogen-bond acceptors (Lipinski definition) is 9. The molecule has 0 spiro atoms. The van der Waals surface area contributed by atoms with Crippen LogP contribution in [0.2, 0.25) is 0 Å². The minimum absolute atomic E-state index is 0.0764. The highest BCUT2D eigenvalue weighted by Crippen LogP contribution is 2.45. The summed E-state index contributed by atoms with van der Waals surface area (Å²) in [5, 5.41) is 28.0. The third kappa shape index (κ3) is 7.13. The average Bonchev–Trinajstić information content (AvgIpc) is 3.50. The van der Waals surface area contributed by atoms with Crippen LogP contribution in [0, 0.1) is 5.92 Å². The van der Waals surface area contributed by atoms with Crippen molar-refractivity contribution in [1.29, 1.82) is 0 Å². The highest BCUT2D eigenvalue weighted by atomic mass is 32.1. The smallest absolute Gasteiger partial charge is 0.408 e. The highest BCUT2D eigenvalue weighted by Gasteiger charge is 2.61. The number of carbonyl (C=O) groups is 4. The Kier molecular flexibility index (Phi) is 9.37. The van der Waals surface area contributed by atoms with Crippen LogP contribution in [0.1, 0.15) is 71.8 Å². The van der Waals surface area contributed by atoms with E-state index in [-0.39, 0.29) is 25.3 Å². The molecule has 3 aromatic rings. The highest BCUT2D eigenvalue weighted by molar-refractivity contribution is 7.13. The van der Waals surface area contributed by atoms with E-state index in [0.717, 1.165) is 24.8 Å². The Morgan fingerprint density at radius 3 is 2.58 bits per heavy atom. The van der Waals surface area contributed by atoms with Crippen LogP contribution in [-0.4, -0.2) is 83.6 Å². The van der Waals surface area contributed by atoms with Crippen molar-refractivity contribution in [2.45, 2.75) is 95.0 Å². The van der Waals surface area contributed by atoms with E-state index in [2.05, 4.69) is 15.6 Å². The molecule has 2 aromatic heterocycles. The Labute approximate surface area is 282 Å². The van der Waals surface area contributed by atoms with Crippen molar-refractivity contribution in [2.24, 2.45) is 5.92 Å². The van der Waals surface area contributed by atoms with Gasteiger partial charge in [-0.3, -0.25) is 9.59 Å².